The topological polar surface area (TPSA) is 52.3 Å². The summed E-state index contributed by atoms with van der Waals surface area (Å²) in [6.07, 6.45) is 0. The van der Waals surface area contributed by atoms with Gasteiger partial charge < -0.3 is 10.5 Å². The molecule has 0 amide bonds. The van der Waals surface area contributed by atoms with Crippen molar-refractivity contribution in [3.05, 3.63) is 35.4 Å². The molecule has 0 unspecified atom stereocenters. The van der Waals surface area contributed by atoms with Crippen molar-refractivity contribution in [3.8, 4) is 0 Å². The molecule has 0 heterocycles. The van der Waals surface area contributed by atoms with Crippen molar-refractivity contribution < 1.29 is 18.3 Å². The van der Waals surface area contributed by atoms with Gasteiger partial charge >= 0.3 is 5.97 Å². The van der Waals surface area contributed by atoms with Crippen LogP contribution in [0.3, 0.4) is 0 Å². The van der Waals surface area contributed by atoms with Gasteiger partial charge in [-0.1, -0.05) is 12.1 Å². The van der Waals surface area contributed by atoms with Gasteiger partial charge in [-0.25, -0.2) is 8.78 Å². The standard InChI is InChI=1S/C11H13F2NO2S/c1-16-11(15)9(14)6-17-5-7-3-2-4-8(12)10(7)13/h2-4,9H,5-6,14H2,1H3/t9-/m0/s1. The van der Waals surface area contributed by atoms with Gasteiger partial charge in [-0.3, -0.25) is 4.79 Å². The average molecular weight is 261 g/mol. The molecule has 0 radical (unpaired) electrons. The van der Waals surface area contributed by atoms with Crippen LogP contribution in [0.4, 0.5) is 8.78 Å². The number of hydrogen-bond acceptors (Lipinski definition) is 4. The SMILES string of the molecule is COC(=O)[C@@H](N)CSCc1cccc(F)c1F. The summed E-state index contributed by atoms with van der Waals surface area (Å²) in [6, 6.07) is 3.24. The zero-order valence-electron chi connectivity index (χ0n) is 9.28. The first-order chi connectivity index (χ1) is 8.06. The Kier molecular flexibility index (Phi) is 5.37. The number of rotatable bonds is 5. The number of carbonyl (C=O) groups excluding carboxylic acids is 1. The van der Waals surface area contributed by atoms with Crippen molar-refractivity contribution in [1.82, 2.24) is 0 Å². The maximum Gasteiger partial charge on any atom is 0.323 e. The molecular formula is C11H13F2NO2S. The normalized spacial score (nSPS) is 12.2. The number of hydrogen-bond donors (Lipinski definition) is 1. The first-order valence-corrected chi connectivity index (χ1v) is 6.05. The second-order valence-corrected chi connectivity index (χ2v) is 4.39. The number of halogens is 2. The highest BCUT2D eigenvalue weighted by Crippen LogP contribution is 2.18. The molecule has 6 heteroatoms. The molecule has 1 aromatic rings. The molecule has 1 aromatic carbocycles. The quantitative estimate of drug-likeness (QED) is 0.820. The third kappa shape index (κ3) is 3.98. The van der Waals surface area contributed by atoms with Crippen LogP contribution in [0.25, 0.3) is 0 Å². The Labute approximate surface area is 102 Å². The molecule has 2 N–H and O–H groups in total. The Morgan fingerprint density at radius 3 is 2.88 bits per heavy atom. The fourth-order valence-electron chi connectivity index (χ4n) is 1.18. The van der Waals surface area contributed by atoms with Gasteiger partial charge in [0, 0.05) is 17.1 Å². The van der Waals surface area contributed by atoms with Crippen LogP contribution in [-0.2, 0) is 15.3 Å². The summed E-state index contributed by atoms with van der Waals surface area (Å²) in [5.74, 6) is -1.69. The average Bonchev–Trinajstić information content (AvgIpc) is 2.33. The fourth-order valence-corrected chi connectivity index (χ4v) is 2.13. The highest BCUT2D eigenvalue weighted by molar-refractivity contribution is 7.98. The Morgan fingerprint density at radius 1 is 1.53 bits per heavy atom. The molecule has 0 saturated heterocycles. The van der Waals surface area contributed by atoms with Gasteiger partial charge in [0.1, 0.15) is 6.04 Å². The smallest absolute Gasteiger partial charge is 0.323 e. The third-order valence-electron chi connectivity index (χ3n) is 2.09. The van der Waals surface area contributed by atoms with E-state index in [1.807, 2.05) is 0 Å². The van der Waals surface area contributed by atoms with Crippen molar-refractivity contribution in [2.24, 2.45) is 5.73 Å². The molecule has 17 heavy (non-hydrogen) atoms. The van der Waals surface area contributed by atoms with E-state index in [1.165, 1.54) is 31.0 Å². The highest BCUT2D eigenvalue weighted by Gasteiger charge is 2.14. The summed E-state index contributed by atoms with van der Waals surface area (Å²) in [7, 11) is 1.25. The summed E-state index contributed by atoms with van der Waals surface area (Å²) in [6.45, 7) is 0. The molecule has 94 valence electrons. The molecular weight excluding hydrogens is 248 g/mol. The lowest BCUT2D eigenvalue weighted by Gasteiger charge is -2.09. The largest absolute Gasteiger partial charge is 0.468 e. The van der Waals surface area contributed by atoms with E-state index in [-0.39, 0.29) is 11.3 Å². The first-order valence-electron chi connectivity index (χ1n) is 4.90. The van der Waals surface area contributed by atoms with E-state index in [0.29, 0.717) is 5.75 Å². The number of methoxy groups -OCH3 is 1. The minimum Gasteiger partial charge on any atom is -0.468 e. The van der Waals surface area contributed by atoms with Gasteiger partial charge in [-0.2, -0.15) is 11.8 Å². The van der Waals surface area contributed by atoms with E-state index in [4.69, 9.17) is 5.73 Å². The molecule has 0 bridgehead atoms. The molecule has 0 fully saturated rings. The van der Waals surface area contributed by atoms with Crippen LogP contribution in [0.5, 0.6) is 0 Å². The molecule has 0 spiro atoms. The van der Waals surface area contributed by atoms with Crippen molar-refractivity contribution in [3.63, 3.8) is 0 Å². The van der Waals surface area contributed by atoms with Crippen LogP contribution in [0.1, 0.15) is 5.56 Å². The molecule has 0 saturated carbocycles. The monoisotopic (exact) mass is 261 g/mol. The zero-order valence-corrected chi connectivity index (χ0v) is 10.1. The molecule has 1 rings (SSSR count). The molecule has 3 nitrogen and oxygen atoms in total. The zero-order chi connectivity index (χ0) is 12.8. The summed E-state index contributed by atoms with van der Waals surface area (Å²) >= 11 is 1.25. The lowest BCUT2D eigenvalue weighted by atomic mass is 10.2. The van der Waals surface area contributed by atoms with Gasteiger partial charge in [0.25, 0.3) is 0 Å². The van der Waals surface area contributed by atoms with Crippen LogP contribution in [0.2, 0.25) is 0 Å². The second kappa shape index (κ2) is 6.56. The van der Waals surface area contributed by atoms with E-state index in [1.54, 1.807) is 0 Å². The maximum atomic E-state index is 13.2. The number of nitrogens with two attached hydrogens (primary N) is 1. The van der Waals surface area contributed by atoms with E-state index in [0.717, 1.165) is 6.07 Å². The third-order valence-corrected chi connectivity index (χ3v) is 3.20. The Hall–Kier alpha value is -1.14. The Morgan fingerprint density at radius 2 is 2.24 bits per heavy atom. The maximum absolute atomic E-state index is 13.2. The van der Waals surface area contributed by atoms with Gasteiger partial charge in [-0.15, -0.1) is 0 Å². The number of thioether (sulfide) groups is 1. The number of ether oxygens (including phenoxy) is 1. The highest BCUT2D eigenvalue weighted by atomic mass is 32.2. The first kappa shape index (κ1) is 13.9. The molecule has 0 aromatic heterocycles. The summed E-state index contributed by atoms with van der Waals surface area (Å²) in [5, 5.41) is 0. The number of esters is 1. The van der Waals surface area contributed by atoms with Gasteiger partial charge in [0.2, 0.25) is 0 Å². The predicted molar refractivity (Wildman–Crippen MR) is 62.5 cm³/mol. The predicted octanol–water partition coefficient (Wildman–Crippen LogP) is 1.70. The summed E-state index contributed by atoms with van der Waals surface area (Å²) in [5.41, 5.74) is 5.75. The van der Waals surface area contributed by atoms with Crippen LogP contribution in [0, 0.1) is 11.6 Å². The number of carbonyl (C=O) groups is 1. The summed E-state index contributed by atoms with van der Waals surface area (Å²) in [4.78, 5) is 11.0. The van der Waals surface area contributed by atoms with Gasteiger partial charge in [0.05, 0.1) is 7.11 Å². The number of benzene rings is 1. The fraction of sp³-hybridized carbons (Fsp3) is 0.364. The van der Waals surface area contributed by atoms with Gasteiger partial charge in [-0.05, 0) is 6.07 Å². The van der Waals surface area contributed by atoms with Crippen LogP contribution >= 0.6 is 11.8 Å². The summed E-state index contributed by atoms with van der Waals surface area (Å²) < 4.78 is 30.6. The molecule has 0 aliphatic carbocycles. The van der Waals surface area contributed by atoms with Crippen LogP contribution in [-0.4, -0.2) is 24.9 Å². The molecule has 0 aliphatic heterocycles. The van der Waals surface area contributed by atoms with E-state index in [9.17, 15) is 13.6 Å². The Bertz CT molecular complexity index is 401. The van der Waals surface area contributed by atoms with Crippen molar-refractivity contribution in [2.45, 2.75) is 11.8 Å². The minimum absolute atomic E-state index is 0.257. The van der Waals surface area contributed by atoms with Crippen molar-refractivity contribution in [2.75, 3.05) is 12.9 Å². The lowest BCUT2D eigenvalue weighted by molar-refractivity contribution is -0.141. The van der Waals surface area contributed by atoms with E-state index >= 15 is 0 Å². The van der Waals surface area contributed by atoms with Gasteiger partial charge in [0.15, 0.2) is 11.6 Å². The molecule has 0 aliphatic rings. The lowest BCUT2D eigenvalue weighted by Crippen LogP contribution is -2.33. The molecule has 1 atom stereocenters. The van der Waals surface area contributed by atoms with Crippen LogP contribution in [0.15, 0.2) is 18.2 Å². The second-order valence-electron chi connectivity index (χ2n) is 3.36. The van der Waals surface area contributed by atoms with E-state index in [2.05, 4.69) is 4.74 Å². The minimum atomic E-state index is -0.875. The van der Waals surface area contributed by atoms with Crippen molar-refractivity contribution >= 4 is 17.7 Å². The van der Waals surface area contributed by atoms with E-state index < -0.39 is 23.6 Å². The van der Waals surface area contributed by atoms with Crippen molar-refractivity contribution in [1.29, 1.82) is 0 Å². The van der Waals surface area contributed by atoms with Crippen LogP contribution < -0.4 is 5.73 Å². The Balaban J connectivity index is 2.46.